The summed E-state index contributed by atoms with van der Waals surface area (Å²) >= 11 is 0. The first-order valence-corrected chi connectivity index (χ1v) is 5.91. The Hall–Kier alpha value is -2.36. The highest BCUT2D eigenvalue weighted by molar-refractivity contribution is 5.89. The molecule has 4 heteroatoms. The molecular formula is C16H11F3O. The van der Waals surface area contributed by atoms with Gasteiger partial charge in [-0.3, -0.25) is 4.79 Å². The van der Waals surface area contributed by atoms with Crippen LogP contribution in [0.5, 0.6) is 0 Å². The molecule has 0 aliphatic rings. The molecule has 20 heavy (non-hydrogen) atoms. The fourth-order valence-electron chi connectivity index (χ4n) is 1.88. The second-order valence-corrected chi connectivity index (χ2v) is 4.16. The van der Waals surface area contributed by atoms with E-state index in [0.29, 0.717) is 17.4 Å². The van der Waals surface area contributed by atoms with E-state index >= 15 is 0 Å². The first-order valence-electron chi connectivity index (χ1n) is 5.91. The van der Waals surface area contributed by atoms with Gasteiger partial charge in [0.25, 0.3) is 0 Å². The summed E-state index contributed by atoms with van der Waals surface area (Å²) < 4.78 is 37.6. The average molecular weight is 276 g/mol. The molecular weight excluding hydrogens is 265 g/mol. The maximum Gasteiger partial charge on any atom is 0.416 e. The summed E-state index contributed by atoms with van der Waals surface area (Å²) in [4.78, 5) is 10.7. The third-order valence-corrected chi connectivity index (χ3v) is 2.84. The molecule has 0 amide bonds. The van der Waals surface area contributed by atoms with Crippen LogP contribution >= 0.6 is 0 Å². The molecule has 0 atom stereocenters. The predicted molar refractivity (Wildman–Crippen MR) is 71.0 cm³/mol. The molecule has 1 nitrogen and oxygen atoms in total. The Labute approximate surface area is 114 Å². The second-order valence-electron chi connectivity index (χ2n) is 4.16. The maximum absolute atomic E-state index is 12.5. The zero-order valence-electron chi connectivity index (χ0n) is 10.4. The molecule has 0 aliphatic carbocycles. The average Bonchev–Trinajstić information content (AvgIpc) is 2.45. The van der Waals surface area contributed by atoms with Crippen LogP contribution < -0.4 is 0 Å². The summed E-state index contributed by atoms with van der Waals surface area (Å²) in [7, 11) is 0. The van der Waals surface area contributed by atoms with Gasteiger partial charge in [0.05, 0.1) is 5.56 Å². The third kappa shape index (κ3) is 3.15. The van der Waals surface area contributed by atoms with Crippen molar-refractivity contribution in [3.63, 3.8) is 0 Å². The van der Waals surface area contributed by atoms with Crippen LogP contribution in [0.15, 0.2) is 60.7 Å². The quantitative estimate of drug-likeness (QED) is 0.602. The van der Waals surface area contributed by atoms with E-state index in [1.54, 1.807) is 24.3 Å². The van der Waals surface area contributed by atoms with Gasteiger partial charge in [0.15, 0.2) is 0 Å². The van der Waals surface area contributed by atoms with Crippen LogP contribution in [0.2, 0.25) is 0 Å². The Morgan fingerprint density at radius 2 is 1.40 bits per heavy atom. The van der Waals surface area contributed by atoms with E-state index in [0.717, 1.165) is 17.7 Å². The Balaban J connectivity index is 2.42. The van der Waals surface area contributed by atoms with Crippen LogP contribution in [0.4, 0.5) is 13.2 Å². The predicted octanol–water partition coefficient (Wildman–Crippen LogP) is 4.34. The lowest BCUT2D eigenvalue weighted by atomic mass is 9.97. The fourth-order valence-corrected chi connectivity index (χ4v) is 1.88. The number of carbonyl (C=O) groups excluding carboxylic acids is 1. The highest BCUT2D eigenvalue weighted by Gasteiger charge is 2.30. The van der Waals surface area contributed by atoms with Crippen molar-refractivity contribution in [2.75, 3.05) is 0 Å². The Morgan fingerprint density at radius 1 is 0.850 bits per heavy atom. The summed E-state index contributed by atoms with van der Waals surface area (Å²) in [5.41, 5.74) is 1.23. The molecule has 0 spiro atoms. The molecule has 0 unspecified atom stereocenters. The van der Waals surface area contributed by atoms with Crippen molar-refractivity contribution in [1.29, 1.82) is 0 Å². The van der Waals surface area contributed by atoms with E-state index in [2.05, 4.69) is 0 Å². The molecule has 0 aliphatic heterocycles. The topological polar surface area (TPSA) is 17.1 Å². The Bertz CT molecular complexity index is 610. The van der Waals surface area contributed by atoms with Crippen molar-refractivity contribution in [2.24, 2.45) is 0 Å². The molecule has 0 N–H and O–H groups in total. The van der Waals surface area contributed by atoms with E-state index in [1.165, 1.54) is 18.2 Å². The Kier molecular flexibility index (Phi) is 4.03. The van der Waals surface area contributed by atoms with Gasteiger partial charge >= 0.3 is 6.18 Å². The molecule has 0 bridgehead atoms. The van der Waals surface area contributed by atoms with Gasteiger partial charge in [0.2, 0.25) is 0 Å². The van der Waals surface area contributed by atoms with Gasteiger partial charge in [-0.05, 0) is 34.9 Å². The highest BCUT2D eigenvalue weighted by Crippen LogP contribution is 2.31. The lowest BCUT2D eigenvalue weighted by Gasteiger charge is -2.10. The van der Waals surface area contributed by atoms with E-state index in [-0.39, 0.29) is 0 Å². The zero-order valence-corrected chi connectivity index (χ0v) is 10.4. The van der Waals surface area contributed by atoms with Crippen molar-refractivity contribution < 1.29 is 18.0 Å². The summed E-state index contributed by atoms with van der Waals surface area (Å²) in [5.74, 6) is 0. The van der Waals surface area contributed by atoms with Crippen LogP contribution in [-0.2, 0) is 11.0 Å². The lowest BCUT2D eigenvalue weighted by molar-refractivity contribution is -0.137. The van der Waals surface area contributed by atoms with Crippen LogP contribution in [0.3, 0.4) is 0 Å². The normalized spacial score (nSPS) is 12.2. The number of aldehydes is 1. The molecule has 2 rings (SSSR count). The minimum absolute atomic E-state index is 0.566. The molecule has 2 aromatic carbocycles. The number of hydrogen-bond acceptors (Lipinski definition) is 1. The Morgan fingerprint density at radius 3 is 1.90 bits per heavy atom. The molecule has 0 radical (unpaired) electrons. The molecule has 0 fully saturated rings. The summed E-state index contributed by atoms with van der Waals surface area (Å²) in [6.07, 6.45) is -2.39. The zero-order chi connectivity index (χ0) is 14.6. The number of alkyl halides is 3. The molecule has 0 aromatic heterocycles. The second kappa shape index (κ2) is 5.74. The molecule has 0 saturated carbocycles. The largest absolute Gasteiger partial charge is 0.416 e. The first kappa shape index (κ1) is 14.1. The van der Waals surface area contributed by atoms with Gasteiger partial charge in [-0.25, -0.2) is 0 Å². The molecule has 0 heterocycles. The van der Waals surface area contributed by atoms with Crippen LogP contribution in [0.25, 0.3) is 5.57 Å². The smallest absolute Gasteiger partial charge is 0.299 e. The van der Waals surface area contributed by atoms with Gasteiger partial charge in [0.1, 0.15) is 6.29 Å². The van der Waals surface area contributed by atoms with Gasteiger partial charge in [0, 0.05) is 0 Å². The minimum atomic E-state index is -4.36. The summed E-state index contributed by atoms with van der Waals surface area (Å²) in [6.45, 7) is 0. The van der Waals surface area contributed by atoms with Crippen molar-refractivity contribution in [1.82, 2.24) is 0 Å². The van der Waals surface area contributed by atoms with Crippen LogP contribution in [-0.4, -0.2) is 6.29 Å². The maximum atomic E-state index is 12.5. The van der Waals surface area contributed by atoms with Crippen LogP contribution in [0, 0.1) is 0 Å². The van der Waals surface area contributed by atoms with Gasteiger partial charge < -0.3 is 0 Å². The fraction of sp³-hybridized carbons (Fsp3) is 0.0625. The first-order chi connectivity index (χ1) is 9.52. The van der Waals surface area contributed by atoms with E-state index in [9.17, 15) is 18.0 Å². The van der Waals surface area contributed by atoms with Crippen LogP contribution in [0.1, 0.15) is 16.7 Å². The van der Waals surface area contributed by atoms with Crippen molar-refractivity contribution in [3.8, 4) is 0 Å². The number of rotatable bonds is 3. The molecule has 0 saturated heterocycles. The summed E-state index contributed by atoms with van der Waals surface area (Å²) in [6, 6.07) is 13.8. The van der Waals surface area contributed by atoms with E-state index in [1.807, 2.05) is 6.07 Å². The minimum Gasteiger partial charge on any atom is -0.299 e. The van der Waals surface area contributed by atoms with Crippen molar-refractivity contribution in [2.45, 2.75) is 6.18 Å². The molecule has 2 aromatic rings. The van der Waals surface area contributed by atoms with E-state index in [4.69, 9.17) is 0 Å². The monoisotopic (exact) mass is 276 g/mol. The lowest BCUT2D eigenvalue weighted by Crippen LogP contribution is -2.04. The number of carbonyl (C=O) groups is 1. The van der Waals surface area contributed by atoms with Crippen molar-refractivity contribution >= 4 is 11.9 Å². The number of halogens is 3. The van der Waals surface area contributed by atoms with Gasteiger partial charge in [-0.15, -0.1) is 0 Å². The van der Waals surface area contributed by atoms with Gasteiger partial charge in [-0.1, -0.05) is 42.5 Å². The van der Waals surface area contributed by atoms with E-state index < -0.39 is 11.7 Å². The number of allylic oxidation sites excluding steroid dienone is 1. The van der Waals surface area contributed by atoms with Gasteiger partial charge in [-0.2, -0.15) is 13.2 Å². The number of hydrogen-bond donors (Lipinski definition) is 0. The molecule has 102 valence electrons. The van der Waals surface area contributed by atoms with Crippen molar-refractivity contribution in [3.05, 3.63) is 77.4 Å². The highest BCUT2D eigenvalue weighted by atomic mass is 19.4. The third-order valence-electron chi connectivity index (χ3n) is 2.84. The standard InChI is InChI=1S/C16H11F3O/c17-16(18,19)14-8-6-13(7-9-14)15(10-11-20)12-4-2-1-3-5-12/h1-11H/b15-10-. The SMILES string of the molecule is O=C/C=C(/c1ccccc1)c1ccc(C(F)(F)F)cc1. The number of benzene rings is 2. The summed E-state index contributed by atoms with van der Waals surface area (Å²) in [5, 5.41) is 0.